The molecular weight excluding hydrogens is 323 g/mol. The van der Waals surface area contributed by atoms with Gasteiger partial charge in [0.1, 0.15) is 11.9 Å². The van der Waals surface area contributed by atoms with Crippen LogP contribution in [0.25, 0.3) is 0 Å². The summed E-state index contributed by atoms with van der Waals surface area (Å²) in [6.07, 6.45) is 0.0562. The fraction of sp³-hybridized carbons (Fsp3) is 0.263. The van der Waals surface area contributed by atoms with E-state index >= 15 is 0 Å². The van der Waals surface area contributed by atoms with Crippen LogP contribution in [-0.4, -0.2) is 31.2 Å². The quantitative estimate of drug-likeness (QED) is 0.878. The molecule has 1 aliphatic rings. The Balaban J connectivity index is 1.43. The molecule has 0 saturated carbocycles. The number of hydrogen-bond acceptors (Lipinski definition) is 3. The number of carbonyl (C=O) groups excluding carboxylic acids is 2. The molecule has 130 valence electrons. The van der Waals surface area contributed by atoms with Crippen molar-refractivity contribution in [2.24, 2.45) is 0 Å². The van der Waals surface area contributed by atoms with Gasteiger partial charge in [0.2, 0.25) is 5.91 Å². The van der Waals surface area contributed by atoms with Gasteiger partial charge in [-0.25, -0.2) is 9.18 Å². The van der Waals surface area contributed by atoms with Gasteiger partial charge in [0, 0.05) is 12.1 Å². The maximum Gasteiger partial charge on any atom is 0.414 e. The van der Waals surface area contributed by atoms with Gasteiger partial charge < -0.3 is 10.1 Å². The van der Waals surface area contributed by atoms with E-state index in [9.17, 15) is 14.0 Å². The average molecular weight is 342 g/mol. The van der Waals surface area contributed by atoms with Crippen molar-refractivity contribution in [3.8, 4) is 0 Å². The first-order valence-electron chi connectivity index (χ1n) is 8.16. The minimum Gasteiger partial charge on any atom is -0.442 e. The second-order valence-electron chi connectivity index (χ2n) is 5.88. The second-order valence-corrected chi connectivity index (χ2v) is 5.88. The number of halogens is 1. The molecule has 1 N–H and O–H groups in total. The predicted molar refractivity (Wildman–Crippen MR) is 91.8 cm³/mol. The van der Waals surface area contributed by atoms with Gasteiger partial charge in [0.25, 0.3) is 0 Å². The largest absolute Gasteiger partial charge is 0.442 e. The van der Waals surface area contributed by atoms with E-state index in [0.29, 0.717) is 19.4 Å². The van der Waals surface area contributed by atoms with Gasteiger partial charge in [-0.3, -0.25) is 9.69 Å². The van der Waals surface area contributed by atoms with Crippen LogP contribution in [0.1, 0.15) is 12.0 Å². The molecule has 1 fully saturated rings. The third kappa shape index (κ3) is 4.56. The summed E-state index contributed by atoms with van der Waals surface area (Å²) in [6, 6.07) is 15.4. The first kappa shape index (κ1) is 17.0. The van der Waals surface area contributed by atoms with Crippen molar-refractivity contribution in [3.05, 3.63) is 66.0 Å². The minimum atomic E-state index is -0.406. The molecule has 25 heavy (non-hydrogen) atoms. The van der Waals surface area contributed by atoms with Gasteiger partial charge in [-0.1, -0.05) is 30.3 Å². The van der Waals surface area contributed by atoms with Crippen molar-refractivity contribution < 1.29 is 18.7 Å². The lowest BCUT2D eigenvalue weighted by Gasteiger charge is -2.12. The third-order valence-electron chi connectivity index (χ3n) is 4.02. The zero-order valence-electron chi connectivity index (χ0n) is 13.7. The molecule has 1 atom stereocenters. The van der Waals surface area contributed by atoms with Crippen LogP contribution >= 0.6 is 0 Å². The number of cyclic esters (lactones) is 1. The number of amides is 2. The van der Waals surface area contributed by atoms with Crippen molar-refractivity contribution in [1.29, 1.82) is 0 Å². The molecule has 1 unspecified atom stereocenters. The number of rotatable bonds is 6. The van der Waals surface area contributed by atoms with E-state index in [-0.39, 0.29) is 24.4 Å². The average Bonchev–Trinajstić information content (AvgIpc) is 3.01. The van der Waals surface area contributed by atoms with Gasteiger partial charge in [0.15, 0.2) is 0 Å². The van der Waals surface area contributed by atoms with Crippen LogP contribution in [-0.2, 0) is 16.0 Å². The predicted octanol–water partition coefficient (Wildman–Crippen LogP) is 2.90. The van der Waals surface area contributed by atoms with Crippen molar-refractivity contribution >= 4 is 17.7 Å². The third-order valence-corrected chi connectivity index (χ3v) is 4.02. The van der Waals surface area contributed by atoms with E-state index < -0.39 is 6.09 Å². The Hall–Kier alpha value is -2.89. The molecule has 1 saturated heterocycles. The molecule has 2 amide bonds. The Labute approximate surface area is 145 Å². The zero-order valence-corrected chi connectivity index (χ0v) is 13.7. The number of aryl methyl sites for hydroxylation is 1. The van der Waals surface area contributed by atoms with Gasteiger partial charge >= 0.3 is 6.09 Å². The number of hydrogen-bond donors (Lipinski definition) is 1. The van der Waals surface area contributed by atoms with Gasteiger partial charge in [0.05, 0.1) is 13.1 Å². The van der Waals surface area contributed by atoms with E-state index in [1.807, 2.05) is 30.3 Å². The van der Waals surface area contributed by atoms with Crippen LogP contribution in [0.5, 0.6) is 0 Å². The lowest BCUT2D eigenvalue weighted by atomic mass is 10.1. The molecule has 6 heteroatoms. The zero-order chi connectivity index (χ0) is 17.6. The Morgan fingerprint density at radius 2 is 1.88 bits per heavy atom. The van der Waals surface area contributed by atoms with E-state index in [2.05, 4.69) is 5.32 Å². The normalized spacial score (nSPS) is 16.6. The lowest BCUT2D eigenvalue weighted by Crippen LogP contribution is -2.34. The number of benzene rings is 2. The molecule has 0 radical (unpaired) electrons. The molecule has 2 aromatic rings. The Morgan fingerprint density at radius 1 is 1.16 bits per heavy atom. The SMILES string of the molecule is O=C(CCc1ccc(F)cc1)NCC1CN(c2ccccc2)C(=O)O1. The highest BCUT2D eigenvalue weighted by atomic mass is 19.1. The van der Waals surface area contributed by atoms with Crippen molar-refractivity contribution in [2.75, 3.05) is 18.0 Å². The number of para-hydroxylation sites is 1. The highest BCUT2D eigenvalue weighted by Crippen LogP contribution is 2.20. The summed E-state index contributed by atoms with van der Waals surface area (Å²) < 4.78 is 18.1. The van der Waals surface area contributed by atoms with Crippen molar-refractivity contribution in [1.82, 2.24) is 5.32 Å². The molecule has 5 nitrogen and oxygen atoms in total. The highest BCUT2D eigenvalue weighted by molar-refractivity contribution is 5.89. The molecule has 0 aromatic heterocycles. The Kier molecular flexibility index (Phi) is 5.28. The topological polar surface area (TPSA) is 58.6 Å². The molecule has 1 aliphatic heterocycles. The number of anilines is 1. The molecule has 0 bridgehead atoms. The summed E-state index contributed by atoms with van der Waals surface area (Å²) in [7, 11) is 0. The summed E-state index contributed by atoms with van der Waals surface area (Å²) >= 11 is 0. The van der Waals surface area contributed by atoms with Crippen LogP contribution in [0.4, 0.5) is 14.9 Å². The van der Waals surface area contributed by atoms with Crippen LogP contribution in [0.2, 0.25) is 0 Å². The lowest BCUT2D eigenvalue weighted by molar-refractivity contribution is -0.121. The van der Waals surface area contributed by atoms with Gasteiger partial charge in [-0.15, -0.1) is 0 Å². The van der Waals surface area contributed by atoms with Crippen molar-refractivity contribution in [2.45, 2.75) is 18.9 Å². The maximum absolute atomic E-state index is 12.8. The van der Waals surface area contributed by atoms with Crippen LogP contribution in [0.15, 0.2) is 54.6 Å². The highest BCUT2D eigenvalue weighted by Gasteiger charge is 2.32. The first-order valence-corrected chi connectivity index (χ1v) is 8.16. The minimum absolute atomic E-state index is 0.126. The van der Waals surface area contributed by atoms with Crippen LogP contribution in [0.3, 0.4) is 0 Å². The molecule has 0 aliphatic carbocycles. The Bertz CT molecular complexity index is 734. The maximum atomic E-state index is 12.8. The number of nitrogens with zero attached hydrogens (tertiary/aromatic N) is 1. The fourth-order valence-corrected chi connectivity index (χ4v) is 2.67. The fourth-order valence-electron chi connectivity index (χ4n) is 2.67. The van der Waals surface area contributed by atoms with Crippen LogP contribution in [0, 0.1) is 5.82 Å². The van der Waals surface area contributed by atoms with E-state index in [1.165, 1.54) is 12.1 Å². The standard InChI is InChI=1S/C19H19FN2O3/c20-15-9-6-14(7-10-15)8-11-18(23)21-12-17-13-22(19(24)25-17)16-4-2-1-3-5-16/h1-7,9-10,17H,8,11-13H2,(H,21,23). The first-order chi connectivity index (χ1) is 12.1. The molecule has 1 heterocycles. The summed E-state index contributed by atoms with van der Waals surface area (Å²) in [4.78, 5) is 25.4. The summed E-state index contributed by atoms with van der Waals surface area (Å²) in [6.45, 7) is 0.679. The number of nitrogens with one attached hydrogen (secondary N) is 1. The Morgan fingerprint density at radius 3 is 2.60 bits per heavy atom. The molecular formula is C19H19FN2O3. The summed E-state index contributed by atoms with van der Waals surface area (Å²) in [5.74, 6) is -0.419. The van der Waals surface area contributed by atoms with E-state index in [4.69, 9.17) is 4.74 Å². The summed E-state index contributed by atoms with van der Waals surface area (Å²) in [5.41, 5.74) is 1.68. The molecule has 2 aromatic carbocycles. The van der Waals surface area contributed by atoms with E-state index in [0.717, 1.165) is 11.3 Å². The number of ether oxygens (including phenoxy) is 1. The monoisotopic (exact) mass is 342 g/mol. The molecule has 0 spiro atoms. The van der Waals surface area contributed by atoms with E-state index in [1.54, 1.807) is 17.0 Å². The number of carbonyl (C=O) groups is 2. The second kappa shape index (κ2) is 7.79. The smallest absolute Gasteiger partial charge is 0.414 e. The van der Waals surface area contributed by atoms with Gasteiger partial charge in [-0.2, -0.15) is 0 Å². The van der Waals surface area contributed by atoms with Gasteiger partial charge in [-0.05, 0) is 36.2 Å². The van der Waals surface area contributed by atoms with Crippen molar-refractivity contribution in [3.63, 3.8) is 0 Å². The summed E-state index contributed by atoms with van der Waals surface area (Å²) in [5, 5.41) is 2.78. The molecule has 3 rings (SSSR count). The van der Waals surface area contributed by atoms with Crippen LogP contribution < -0.4 is 10.2 Å².